The summed E-state index contributed by atoms with van der Waals surface area (Å²) in [4.78, 5) is 7.49. The van der Waals surface area contributed by atoms with Crippen LogP contribution in [0, 0.1) is 13.8 Å². The molecule has 0 saturated carbocycles. The van der Waals surface area contributed by atoms with Crippen molar-refractivity contribution in [3.63, 3.8) is 0 Å². The number of aryl methyl sites for hydroxylation is 2. The highest BCUT2D eigenvalue weighted by Gasteiger charge is 2.30. The molecule has 31 heavy (non-hydrogen) atoms. The smallest absolute Gasteiger partial charge is 0.243 e. The zero-order valence-corrected chi connectivity index (χ0v) is 19.6. The largest absolute Gasteiger partial charge is 0.305 e. The molecule has 0 amide bonds. The molecule has 0 atom stereocenters. The monoisotopic (exact) mass is 456 g/mol. The number of fused-ring (bicyclic) bond motifs is 1. The predicted molar refractivity (Wildman–Crippen MR) is 127 cm³/mol. The van der Waals surface area contributed by atoms with E-state index < -0.39 is 10.0 Å². The Kier molecular flexibility index (Phi) is 6.52. The van der Waals surface area contributed by atoms with Gasteiger partial charge in [-0.1, -0.05) is 42.1 Å². The Morgan fingerprint density at radius 1 is 1.10 bits per heavy atom. The van der Waals surface area contributed by atoms with Gasteiger partial charge < -0.3 is 4.57 Å². The third-order valence-corrected chi connectivity index (χ3v) is 8.60. The fraction of sp³-hybridized carbons (Fsp3) is 0.348. The van der Waals surface area contributed by atoms with Crippen LogP contribution in [0.3, 0.4) is 0 Å². The maximum absolute atomic E-state index is 13.2. The first-order chi connectivity index (χ1) is 14.9. The second kappa shape index (κ2) is 9.16. The molecule has 8 heteroatoms. The average Bonchev–Trinajstić information content (AvgIpc) is 3.11. The lowest BCUT2D eigenvalue weighted by Crippen LogP contribution is -2.49. The Bertz CT molecular complexity index is 1200. The Balaban J connectivity index is 1.50. The summed E-state index contributed by atoms with van der Waals surface area (Å²) in [7, 11) is -3.48. The minimum atomic E-state index is -3.48. The molecule has 2 heterocycles. The van der Waals surface area contributed by atoms with E-state index in [0.29, 0.717) is 37.7 Å². The number of para-hydroxylation sites is 2. The summed E-state index contributed by atoms with van der Waals surface area (Å²) in [6.45, 7) is 10.6. The third kappa shape index (κ3) is 4.57. The molecule has 4 rings (SSSR count). The molecule has 1 aromatic heterocycles. The van der Waals surface area contributed by atoms with Crippen LogP contribution >= 0.6 is 11.8 Å². The van der Waals surface area contributed by atoms with E-state index in [-0.39, 0.29) is 0 Å². The van der Waals surface area contributed by atoms with E-state index in [1.807, 2.05) is 50.3 Å². The zero-order valence-electron chi connectivity index (χ0n) is 18.0. The van der Waals surface area contributed by atoms with Gasteiger partial charge in [-0.05, 0) is 43.2 Å². The van der Waals surface area contributed by atoms with Gasteiger partial charge in [-0.2, -0.15) is 4.31 Å². The van der Waals surface area contributed by atoms with E-state index >= 15 is 0 Å². The highest BCUT2D eigenvalue weighted by molar-refractivity contribution is 7.99. The van der Waals surface area contributed by atoms with Crippen molar-refractivity contribution in [1.29, 1.82) is 0 Å². The summed E-state index contributed by atoms with van der Waals surface area (Å²) in [5, 5.41) is 0.964. The molecule has 1 aliphatic rings. The van der Waals surface area contributed by atoms with Gasteiger partial charge in [0.15, 0.2) is 5.16 Å². The average molecular weight is 457 g/mol. The van der Waals surface area contributed by atoms with Gasteiger partial charge >= 0.3 is 0 Å². The molecule has 0 spiro atoms. The quantitative estimate of drug-likeness (QED) is 0.399. The molecule has 2 aromatic carbocycles. The van der Waals surface area contributed by atoms with Gasteiger partial charge in [0.25, 0.3) is 0 Å². The first kappa shape index (κ1) is 22.1. The summed E-state index contributed by atoms with van der Waals surface area (Å²) >= 11 is 1.67. The van der Waals surface area contributed by atoms with Crippen molar-refractivity contribution < 1.29 is 8.42 Å². The highest BCUT2D eigenvalue weighted by atomic mass is 32.2. The summed E-state index contributed by atoms with van der Waals surface area (Å²) in [5.74, 6) is 0.797. The SMILES string of the molecule is C=CCSc1nc2ccccc2n1CN1CCN(S(=O)(=O)c2cc(C)ccc2C)CC1. The molecule has 3 aromatic rings. The Morgan fingerprint density at radius 2 is 1.84 bits per heavy atom. The van der Waals surface area contributed by atoms with E-state index in [4.69, 9.17) is 4.98 Å². The van der Waals surface area contributed by atoms with Crippen LogP contribution in [0.5, 0.6) is 0 Å². The molecule has 0 bridgehead atoms. The van der Waals surface area contributed by atoms with Gasteiger partial charge in [-0.3, -0.25) is 4.90 Å². The van der Waals surface area contributed by atoms with Crippen molar-refractivity contribution in [1.82, 2.24) is 18.8 Å². The van der Waals surface area contributed by atoms with Crippen LogP contribution in [-0.4, -0.2) is 59.1 Å². The molecule has 1 saturated heterocycles. The molecule has 0 N–H and O–H groups in total. The standard InChI is InChI=1S/C23H28N4O2S2/c1-4-15-30-23-24-20-7-5-6-8-21(20)27(23)17-25-11-13-26(14-12-25)31(28,29)22-16-18(2)9-10-19(22)3/h4-10,16H,1,11-15,17H2,2-3H3. The fourth-order valence-corrected chi connectivity index (χ4v) is 6.34. The zero-order chi connectivity index (χ0) is 22.0. The van der Waals surface area contributed by atoms with Crippen LogP contribution in [-0.2, 0) is 16.7 Å². The molecule has 0 radical (unpaired) electrons. The van der Waals surface area contributed by atoms with Crippen LogP contribution in [0.25, 0.3) is 11.0 Å². The molecular formula is C23H28N4O2S2. The molecule has 6 nitrogen and oxygen atoms in total. The van der Waals surface area contributed by atoms with Crippen molar-refractivity contribution in [2.24, 2.45) is 0 Å². The Hall–Kier alpha value is -2.13. The minimum absolute atomic E-state index is 0.421. The van der Waals surface area contributed by atoms with Crippen LogP contribution in [0.4, 0.5) is 0 Å². The van der Waals surface area contributed by atoms with Gasteiger partial charge in [0, 0.05) is 31.9 Å². The second-order valence-electron chi connectivity index (χ2n) is 7.84. The minimum Gasteiger partial charge on any atom is -0.305 e. The molecule has 1 fully saturated rings. The predicted octanol–water partition coefficient (Wildman–Crippen LogP) is 3.90. The van der Waals surface area contributed by atoms with E-state index in [1.54, 1.807) is 22.1 Å². The number of aromatic nitrogens is 2. The number of hydrogen-bond donors (Lipinski definition) is 0. The summed E-state index contributed by atoms with van der Waals surface area (Å²) in [6.07, 6.45) is 1.88. The van der Waals surface area contributed by atoms with Gasteiger partial charge in [0.2, 0.25) is 10.0 Å². The number of piperazine rings is 1. The van der Waals surface area contributed by atoms with Gasteiger partial charge in [-0.25, -0.2) is 13.4 Å². The van der Waals surface area contributed by atoms with Crippen LogP contribution in [0.2, 0.25) is 0 Å². The van der Waals surface area contributed by atoms with E-state index in [0.717, 1.165) is 33.1 Å². The summed E-state index contributed by atoms with van der Waals surface area (Å²) in [6, 6.07) is 13.7. The normalized spacial score (nSPS) is 16.1. The number of thioether (sulfide) groups is 1. The maximum atomic E-state index is 13.2. The Labute approximate surface area is 188 Å². The molecule has 164 valence electrons. The third-order valence-electron chi connectivity index (χ3n) is 5.58. The van der Waals surface area contributed by atoms with Gasteiger partial charge in [0.05, 0.1) is 22.6 Å². The number of rotatable bonds is 7. The molecule has 0 aliphatic carbocycles. The van der Waals surface area contributed by atoms with Crippen molar-refractivity contribution in [3.05, 3.63) is 66.2 Å². The number of imidazole rings is 1. The van der Waals surface area contributed by atoms with Crippen molar-refractivity contribution in [3.8, 4) is 0 Å². The van der Waals surface area contributed by atoms with Gasteiger partial charge in [0.1, 0.15) is 0 Å². The maximum Gasteiger partial charge on any atom is 0.243 e. The summed E-state index contributed by atoms with van der Waals surface area (Å²) in [5.41, 5.74) is 3.82. The number of benzene rings is 2. The van der Waals surface area contributed by atoms with Crippen LogP contribution in [0.1, 0.15) is 11.1 Å². The van der Waals surface area contributed by atoms with Gasteiger partial charge in [-0.15, -0.1) is 6.58 Å². The van der Waals surface area contributed by atoms with Crippen LogP contribution in [0.15, 0.2) is 65.2 Å². The number of sulfonamides is 1. The van der Waals surface area contributed by atoms with E-state index in [1.165, 1.54) is 0 Å². The van der Waals surface area contributed by atoms with Crippen molar-refractivity contribution >= 4 is 32.8 Å². The van der Waals surface area contributed by atoms with Crippen molar-refractivity contribution in [2.75, 3.05) is 31.9 Å². The first-order valence-corrected chi connectivity index (χ1v) is 12.8. The number of hydrogen-bond acceptors (Lipinski definition) is 5. The lowest BCUT2D eigenvalue weighted by molar-refractivity contribution is 0.150. The second-order valence-corrected chi connectivity index (χ2v) is 10.7. The first-order valence-electron chi connectivity index (χ1n) is 10.4. The van der Waals surface area contributed by atoms with E-state index in [2.05, 4.69) is 22.1 Å². The highest BCUT2D eigenvalue weighted by Crippen LogP contribution is 2.26. The summed E-state index contributed by atoms with van der Waals surface area (Å²) < 4.78 is 30.3. The lowest BCUT2D eigenvalue weighted by atomic mass is 10.2. The fourth-order valence-electron chi connectivity index (χ4n) is 3.87. The number of nitrogens with zero attached hydrogens (tertiary/aromatic N) is 4. The molecular weight excluding hydrogens is 428 g/mol. The van der Waals surface area contributed by atoms with Crippen molar-refractivity contribution in [2.45, 2.75) is 30.6 Å². The molecule has 1 aliphatic heterocycles. The lowest BCUT2D eigenvalue weighted by Gasteiger charge is -2.34. The van der Waals surface area contributed by atoms with E-state index in [9.17, 15) is 8.42 Å². The Morgan fingerprint density at radius 3 is 2.58 bits per heavy atom. The topological polar surface area (TPSA) is 58.4 Å². The molecule has 0 unspecified atom stereocenters. The van der Waals surface area contributed by atoms with Crippen LogP contribution < -0.4 is 0 Å².